The normalized spacial score (nSPS) is 14.8. The Hall–Kier alpha value is -2.23. The van der Waals surface area contributed by atoms with Crippen LogP contribution in [0, 0.1) is 27.7 Å². The molecule has 158 valence electrons. The Morgan fingerprint density at radius 3 is 2.31 bits per heavy atom. The summed E-state index contributed by atoms with van der Waals surface area (Å²) >= 11 is 0. The van der Waals surface area contributed by atoms with Gasteiger partial charge in [-0.25, -0.2) is 18.1 Å². The van der Waals surface area contributed by atoms with E-state index >= 15 is 0 Å². The zero-order valence-corrected chi connectivity index (χ0v) is 18.3. The van der Waals surface area contributed by atoms with Gasteiger partial charge >= 0.3 is 0 Å². The molecule has 1 fully saturated rings. The minimum Gasteiger partial charge on any atom is -0.378 e. The van der Waals surface area contributed by atoms with E-state index in [1.165, 1.54) is 0 Å². The molecule has 1 aliphatic heterocycles. The van der Waals surface area contributed by atoms with Gasteiger partial charge in [0.15, 0.2) is 0 Å². The first-order valence-corrected chi connectivity index (χ1v) is 11.2. The Morgan fingerprint density at radius 1 is 1.00 bits per heavy atom. The summed E-state index contributed by atoms with van der Waals surface area (Å²) in [7, 11) is -3.58. The summed E-state index contributed by atoms with van der Waals surface area (Å²) in [5.41, 5.74) is 3.41. The summed E-state index contributed by atoms with van der Waals surface area (Å²) in [4.78, 5) is 11.5. The molecule has 9 heteroatoms. The maximum absolute atomic E-state index is 12.7. The number of aromatic nitrogens is 2. The average Bonchev–Trinajstić information content (AvgIpc) is 2.64. The van der Waals surface area contributed by atoms with Crippen LogP contribution in [0.4, 0.5) is 11.8 Å². The van der Waals surface area contributed by atoms with Crippen molar-refractivity contribution in [3.63, 3.8) is 0 Å². The highest BCUT2D eigenvalue weighted by Crippen LogP contribution is 2.21. The minimum atomic E-state index is -3.58. The second-order valence-corrected chi connectivity index (χ2v) is 9.05. The Labute approximate surface area is 172 Å². The molecular weight excluding hydrogens is 390 g/mol. The first kappa shape index (κ1) is 21.5. The maximum Gasteiger partial charge on any atom is 0.241 e. The van der Waals surface area contributed by atoms with Crippen molar-refractivity contribution in [2.75, 3.05) is 49.6 Å². The smallest absolute Gasteiger partial charge is 0.241 e. The van der Waals surface area contributed by atoms with E-state index in [2.05, 4.69) is 24.9 Å². The van der Waals surface area contributed by atoms with E-state index in [1.54, 1.807) is 0 Å². The molecule has 0 unspecified atom stereocenters. The molecule has 0 spiro atoms. The van der Waals surface area contributed by atoms with E-state index in [4.69, 9.17) is 4.74 Å². The number of nitrogens with one attached hydrogen (secondary N) is 2. The van der Waals surface area contributed by atoms with Crippen molar-refractivity contribution < 1.29 is 13.2 Å². The van der Waals surface area contributed by atoms with Crippen molar-refractivity contribution >= 4 is 21.8 Å². The van der Waals surface area contributed by atoms with E-state index < -0.39 is 10.0 Å². The van der Waals surface area contributed by atoms with E-state index in [0.29, 0.717) is 30.6 Å². The first-order chi connectivity index (χ1) is 13.8. The molecule has 2 heterocycles. The Bertz CT molecular complexity index is 949. The standard InChI is InChI=1S/C20H29N5O3S/c1-14-11-15(2)19(16(3)12-14)29(26,27)22-6-5-21-20-23-17(4)13-18(24-20)25-7-9-28-10-8-25/h11-13,22H,5-10H2,1-4H3,(H,21,23,24). The number of hydrogen-bond donors (Lipinski definition) is 2. The summed E-state index contributed by atoms with van der Waals surface area (Å²) < 4.78 is 33.5. The fourth-order valence-electron chi connectivity index (χ4n) is 3.61. The SMILES string of the molecule is Cc1cc(C)c(S(=O)(=O)NCCNc2nc(C)cc(N3CCOCC3)n2)c(C)c1. The molecule has 0 atom stereocenters. The Kier molecular flexibility index (Phi) is 6.71. The van der Waals surface area contributed by atoms with Gasteiger partial charge in [0.25, 0.3) is 0 Å². The van der Waals surface area contributed by atoms with Gasteiger partial charge in [-0.3, -0.25) is 0 Å². The van der Waals surface area contributed by atoms with Gasteiger partial charge in [0, 0.05) is 37.9 Å². The van der Waals surface area contributed by atoms with E-state index in [-0.39, 0.29) is 6.54 Å². The van der Waals surface area contributed by atoms with Gasteiger partial charge in [-0.05, 0) is 38.8 Å². The molecule has 0 bridgehead atoms. The molecule has 8 nitrogen and oxygen atoms in total. The number of ether oxygens (including phenoxy) is 1. The molecule has 3 rings (SSSR count). The van der Waals surface area contributed by atoms with Crippen molar-refractivity contribution in [3.05, 3.63) is 40.6 Å². The van der Waals surface area contributed by atoms with Gasteiger partial charge in [-0.1, -0.05) is 17.7 Å². The third-order valence-corrected chi connectivity index (χ3v) is 6.51. The summed E-state index contributed by atoms with van der Waals surface area (Å²) in [5, 5.41) is 3.12. The van der Waals surface area contributed by atoms with Gasteiger partial charge in [-0.15, -0.1) is 0 Å². The number of rotatable bonds is 7. The van der Waals surface area contributed by atoms with Crippen molar-refractivity contribution in [2.45, 2.75) is 32.6 Å². The van der Waals surface area contributed by atoms with Crippen LogP contribution in [-0.4, -0.2) is 57.8 Å². The number of aryl methyl sites for hydroxylation is 4. The lowest BCUT2D eigenvalue weighted by Crippen LogP contribution is -2.37. The number of sulfonamides is 1. The number of nitrogens with zero attached hydrogens (tertiary/aromatic N) is 3. The highest BCUT2D eigenvalue weighted by atomic mass is 32.2. The summed E-state index contributed by atoms with van der Waals surface area (Å²) in [6.45, 7) is 11.1. The van der Waals surface area contributed by atoms with E-state index in [9.17, 15) is 8.42 Å². The summed E-state index contributed by atoms with van der Waals surface area (Å²) in [6, 6.07) is 5.71. The predicted octanol–water partition coefficient (Wildman–Crippen LogP) is 1.94. The topological polar surface area (TPSA) is 96.5 Å². The maximum atomic E-state index is 12.7. The molecule has 29 heavy (non-hydrogen) atoms. The van der Waals surface area contributed by atoms with E-state index in [1.807, 2.05) is 45.9 Å². The van der Waals surface area contributed by atoms with Crippen LogP contribution in [0.25, 0.3) is 0 Å². The lowest BCUT2D eigenvalue weighted by molar-refractivity contribution is 0.122. The van der Waals surface area contributed by atoms with Crippen molar-refractivity contribution in [1.29, 1.82) is 0 Å². The fourth-order valence-corrected chi connectivity index (χ4v) is 5.09. The van der Waals surface area contributed by atoms with Crippen LogP contribution in [0.3, 0.4) is 0 Å². The van der Waals surface area contributed by atoms with Crippen LogP contribution in [0.15, 0.2) is 23.1 Å². The largest absolute Gasteiger partial charge is 0.378 e. The summed E-state index contributed by atoms with van der Waals surface area (Å²) in [5.74, 6) is 1.35. The molecule has 1 aromatic carbocycles. The predicted molar refractivity (Wildman–Crippen MR) is 114 cm³/mol. The molecule has 0 aliphatic carbocycles. The number of hydrogen-bond acceptors (Lipinski definition) is 7. The fraction of sp³-hybridized carbons (Fsp3) is 0.500. The quantitative estimate of drug-likeness (QED) is 0.662. The molecule has 1 aromatic heterocycles. The molecule has 2 N–H and O–H groups in total. The highest BCUT2D eigenvalue weighted by molar-refractivity contribution is 7.89. The third-order valence-electron chi connectivity index (χ3n) is 4.75. The van der Waals surface area contributed by atoms with Gasteiger partial charge in [0.05, 0.1) is 18.1 Å². The van der Waals surface area contributed by atoms with E-state index in [0.717, 1.165) is 41.3 Å². The third kappa shape index (κ3) is 5.43. The Morgan fingerprint density at radius 2 is 1.66 bits per heavy atom. The minimum absolute atomic E-state index is 0.235. The van der Waals surface area contributed by atoms with Crippen LogP contribution in [0.5, 0.6) is 0 Å². The molecular formula is C20H29N5O3S. The molecule has 0 amide bonds. The zero-order chi connectivity index (χ0) is 21.0. The van der Waals surface area contributed by atoms with Crippen LogP contribution in [-0.2, 0) is 14.8 Å². The monoisotopic (exact) mass is 419 g/mol. The van der Waals surface area contributed by atoms with Crippen LogP contribution >= 0.6 is 0 Å². The molecule has 0 saturated carbocycles. The van der Waals surface area contributed by atoms with Crippen LogP contribution in [0.2, 0.25) is 0 Å². The van der Waals surface area contributed by atoms with Gasteiger partial charge < -0.3 is 15.0 Å². The van der Waals surface area contributed by atoms with Gasteiger partial charge in [-0.2, -0.15) is 4.98 Å². The molecule has 0 radical (unpaired) electrons. The Balaban J connectivity index is 1.61. The number of anilines is 2. The first-order valence-electron chi connectivity index (χ1n) is 9.76. The van der Waals surface area contributed by atoms with Crippen molar-refractivity contribution in [1.82, 2.24) is 14.7 Å². The second-order valence-electron chi connectivity index (χ2n) is 7.34. The molecule has 1 saturated heterocycles. The number of morpholine rings is 1. The summed E-state index contributed by atoms with van der Waals surface area (Å²) in [6.07, 6.45) is 0. The lowest BCUT2D eigenvalue weighted by atomic mass is 10.1. The van der Waals surface area contributed by atoms with Crippen LogP contribution in [0.1, 0.15) is 22.4 Å². The average molecular weight is 420 g/mol. The van der Waals surface area contributed by atoms with Crippen molar-refractivity contribution in [2.24, 2.45) is 0 Å². The molecule has 1 aliphatic rings. The lowest BCUT2D eigenvalue weighted by Gasteiger charge is -2.28. The van der Waals surface area contributed by atoms with Gasteiger partial charge in [0.1, 0.15) is 5.82 Å². The highest BCUT2D eigenvalue weighted by Gasteiger charge is 2.19. The van der Waals surface area contributed by atoms with Crippen molar-refractivity contribution in [3.8, 4) is 0 Å². The molecule has 2 aromatic rings. The second kappa shape index (κ2) is 9.06. The van der Waals surface area contributed by atoms with Crippen LogP contribution < -0.4 is 14.9 Å². The number of benzene rings is 1. The zero-order valence-electron chi connectivity index (χ0n) is 17.4. The van der Waals surface area contributed by atoms with Gasteiger partial charge in [0.2, 0.25) is 16.0 Å².